The van der Waals surface area contributed by atoms with Crippen molar-refractivity contribution >= 4 is 34.5 Å². The molecule has 0 amide bonds. The zero-order valence-corrected chi connectivity index (χ0v) is 14.0. The molecule has 0 aliphatic carbocycles. The Bertz CT molecular complexity index is 559. The minimum Gasteiger partial charge on any atom is -0.126 e. The minimum atomic E-state index is -0.133. The van der Waals surface area contributed by atoms with Crippen LogP contribution in [0.25, 0.3) is 0 Å². The van der Waals surface area contributed by atoms with Crippen LogP contribution in [0.3, 0.4) is 0 Å². The second kappa shape index (κ2) is 5.47. The van der Waals surface area contributed by atoms with Crippen LogP contribution in [0.15, 0.2) is 30.3 Å². The molecule has 1 unspecified atom stereocenters. The van der Waals surface area contributed by atoms with E-state index in [1.165, 1.54) is 11.1 Å². The third kappa shape index (κ3) is 3.16. The van der Waals surface area contributed by atoms with Crippen LogP contribution in [0.1, 0.15) is 47.7 Å². The molecule has 3 heteroatoms. The van der Waals surface area contributed by atoms with Crippen LogP contribution in [0, 0.1) is 6.92 Å². The third-order valence-corrected chi connectivity index (χ3v) is 5.39. The van der Waals surface area contributed by atoms with E-state index < -0.39 is 0 Å². The summed E-state index contributed by atoms with van der Waals surface area (Å²) >= 11 is 14.4. The van der Waals surface area contributed by atoms with Crippen molar-refractivity contribution in [1.82, 2.24) is 0 Å². The van der Waals surface area contributed by atoms with Gasteiger partial charge in [0.1, 0.15) is 0 Å². The first-order valence-electron chi connectivity index (χ1n) is 6.30. The second-order valence-electron chi connectivity index (χ2n) is 5.81. The Morgan fingerprint density at radius 2 is 1.79 bits per heavy atom. The van der Waals surface area contributed by atoms with E-state index in [-0.39, 0.29) is 10.8 Å². The maximum absolute atomic E-state index is 6.68. The van der Waals surface area contributed by atoms with E-state index in [1.54, 1.807) is 11.3 Å². The highest BCUT2D eigenvalue weighted by atomic mass is 35.5. The summed E-state index contributed by atoms with van der Waals surface area (Å²) in [5.74, 6) is 0. The molecule has 1 aromatic heterocycles. The molecule has 0 saturated heterocycles. The van der Waals surface area contributed by atoms with Gasteiger partial charge in [-0.05, 0) is 35.1 Å². The number of halogens is 2. The maximum Gasteiger partial charge on any atom is 0.0960 e. The largest absolute Gasteiger partial charge is 0.126 e. The summed E-state index contributed by atoms with van der Waals surface area (Å²) in [6.45, 7) is 8.65. The molecule has 102 valence electrons. The molecular formula is C16H18Cl2S. The summed E-state index contributed by atoms with van der Waals surface area (Å²) in [4.78, 5) is 1.11. The summed E-state index contributed by atoms with van der Waals surface area (Å²) in [5.41, 5.74) is 3.65. The first-order chi connectivity index (χ1) is 8.80. The molecule has 1 aromatic carbocycles. The zero-order chi connectivity index (χ0) is 14.2. The van der Waals surface area contributed by atoms with Crippen LogP contribution in [0.2, 0.25) is 4.34 Å². The Morgan fingerprint density at radius 1 is 1.16 bits per heavy atom. The predicted octanol–water partition coefficient (Wildman–Crippen LogP) is 6.34. The lowest BCUT2D eigenvalue weighted by Crippen LogP contribution is -2.14. The van der Waals surface area contributed by atoms with Gasteiger partial charge in [0.2, 0.25) is 0 Å². The molecule has 0 aliphatic heterocycles. The molecule has 2 rings (SSSR count). The Kier molecular flexibility index (Phi) is 4.29. The fourth-order valence-corrected chi connectivity index (χ4v) is 3.76. The van der Waals surface area contributed by atoms with Crippen molar-refractivity contribution in [3.8, 4) is 0 Å². The molecule has 0 nitrogen and oxygen atoms in total. The van der Waals surface area contributed by atoms with Crippen LogP contribution in [0.5, 0.6) is 0 Å². The molecule has 19 heavy (non-hydrogen) atoms. The molecule has 0 spiro atoms. The molecule has 0 N–H and O–H groups in total. The van der Waals surface area contributed by atoms with E-state index in [0.29, 0.717) is 0 Å². The van der Waals surface area contributed by atoms with Gasteiger partial charge in [-0.1, -0.05) is 56.6 Å². The number of hydrogen-bond acceptors (Lipinski definition) is 1. The van der Waals surface area contributed by atoms with E-state index in [9.17, 15) is 0 Å². The van der Waals surface area contributed by atoms with Crippen LogP contribution in [-0.2, 0) is 5.41 Å². The van der Waals surface area contributed by atoms with Gasteiger partial charge in [-0.15, -0.1) is 22.9 Å². The van der Waals surface area contributed by atoms with Gasteiger partial charge in [0.05, 0.1) is 9.71 Å². The highest BCUT2D eigenvalue weighted by molar-refractivity contribution is 7.16. The second-order valence-corrected chi connectivity index (χ2v) is 7.93. The number of hydrogen-bond donors (Lipinski definition) is 0. The number of thiophene rings is 1. The Balaban J connectivity index is 2.47. The van der Waals surface area contributed by atoms with Crippen molar-refractivity contribution in [2.75, 3.05) is 0 Å². The van der Waals surface area contributed by atoms with Gasteiger partial charge in [0.15, 0.2) is 0 Å². The molecule has 0 aliphatic rings. The van der Waals surface area contributed by atoms with E-state index in [2.05, 4.69) is 45.0 Å². The Morgan fingerprint density at radius 3 is 2.32 bits per heavy atom. The first-order valence-corrected chi connectivity index (χ1v) is 7.93. The van der Waals surface area contributed by atoms with Crippen molar-refractivity contribution in [1.29, 1.82) is 0 Å². The number of alkyl halides is 1. The zero-order valence-electron chi connectivity index (χ0n) is 11.6. The standard InChI is InChI=1S/C16H18Cl2S/c1-10-9-13(19-15(10)18)14(17)11-7-5-6-8-12(11)16(2,3)4/h5-9,14H,1-4H3. The van der Waals surface area contributed by atoms with Crippen molar-refractivity contribution in [3.05, 3.63) is 56.2 Å². The molecule has 0 bridgehead atoms. The lowest BCUT2D eigenvalue weighted by molar-refractivity contribution is 0.583. The van der Waals surface area contributed by atoms with Gasteiger partial charge in [-0.3, -0.25) is 0 Å². The van der Waals surface area contributed by atoms with E-state index >= 15 is 0 Å². The number of benzene rings is 1. The van der Waals surface area contributed by atoms with E-state index in [4.69, 9.17) is 23.2 Å². The quantitative estimate of drug-likeness (QED) is 0.568. The van der Waals surface area contributed by atoms with Crippen LogP contribution < -0.4 is 0 Å². The molecule has 0 radical (unpaired) electrons. The fraction of sp³-hybridized carbons (Fsp3) is 0.375. The average molecular weight is 313 g/mol. The lowest BCUT2D eigenvalue weighted by Gasteiger charge is -2.24. The molecular weight excluding hydrogens is 295 g/mol. The highest BCUT2D eigenvalue weighted by Gasteiger charge is 2.23. The van der Waals surface area contributed by atoms with Crippen molar-refractivity contribution < 1.29 is 0 Å². The molecule has 0 saturated carbocycles. The van der Waals surface area contributed by atoms with Crippen LogP contribution >= 0.6 is 34.5 Å². The van der Waals surface area contributed by atoms with Crippen molar-refractivity contribution in [3.63, 3.8) is 0 Å². The first kappa shape index (κ1) is 14.9. The summed E-state index contributed by atoms with van der Waals surface area (Å²) in [7, 11) is 0. The maximum atomic E-state index is 6.68. The Labute approximate surface area is 129 Å². The van der Waals surface area contributed by atoms with Gasteiger partial charge in [0.25, 0.3) is 0 Å². The highest BCUT2D eigenvalue weighted by Crippen LogP contribution is 2.41. The molecule has 2 aromatic rings. The SMILES string of the molecule is Cc1cc(C(Cl)c2ccccc2C(C)(C)C)sc1Cl. The van der Waals surface area contributed by atoms with Crippen LogP contribution in [-0.4, -0.2) is 0 Å². The van der Waals surface area contributed by atoms with Gasteiger partial charge < -0.3 is 0 Å². The average Bonchev–Trinajstić information content (AvgIpc) is 2.68. The van der Waals surface area contributed by atoms with Crippen LogP contribution in [0.4, 0.5) is 0 Å². The molecule has 0 fully saturated rings. The third-order valence-electron chi connectivity index (χ3n) is 3.17. The van der Waals surface area contributed by atoms with Gasteiger partial charge >= 0.3 is 0 Å². The summed E-state index contributed by atoms with van der Waals surface area (Å²) in [5, 5.41) is -0.133. The van der Waals surface area contributed by atoms with E-state index in [0.717, 1.165) is 14.8 Å². The topological polar surface area (TPSA) is 0 Å². The van der Waals surface area contributed by atoms with Crippen molar-refractivity contribution in [2.24, 2.45) is 0 Å². The number of rotatable bonds is 2. The summed E-state index contributed by atoms with van der Waals surface area (Å²) in [6.07, 6.45) is 0. The minimum absolute atomic E-state index is 0.0832. The Hall–Kier alpha value is -0.500. The van der Waals surface area contributed by atoms with Crippen molar-refractivity contribution in [2.45, 2.75) is 38.5 Å². The molecule has 1 heterocycles. The fourth-order valence-electron chi connectivity index (χ4n) is 2.16. The lowest BCUT2D eigenvalue weighted by atomic mass is 9.83. The smallest absolute Gasteiger partial charge is 0.0960 e. The summed E-state index contributed by atoms with van der Waals surface area (Å²) < 4.78 is 0.828. The predicted molar refractivity (Wildman–Crippen MR) is 86.9 cm³/mol. The van der Waals surface area contributed by atoms with Gasteiger partial charge in [-0.25, -0.2) is 0 Å². The molecule has 1 atom stereocenters. The normalized spacial score (nSPS) is 13.6. The van der Waals surface area contributed by atoms with Gasteiger partial charge in [-0.2, -0.15) is 0 Å². The van der Waals surface area contributed by atoms with Gasteiger partial charge in [0, 0.05) is 4.88 Å². The monoisotopic (exact) mass is 312 g/mol. The summed E-state index contributed by atoms with van der Waals surface area (Å²) in [6, 6.07) is 10.5. The number of aryl methyl sites for hydroxylation is 1. The van der Waals surface area contributed by atoms with E-state index in [1.807, 2.05) is 13.0 Å².